The molecule has 1 aliphatic heterocycles. The van der Waals surface area contributed by atoms with Crippen LogP contribution in [0.15, 0.2) is 47.5 Å². The highest BCUT2D eigenvalue weighted by Gasteiger charge is 2.30. The molecule has 0 amide bonds. The molecule has 0 fully saturated rings. The Bertz CT molecular complexity index is 947. The third-order valence-corrected chi connectivity index (χ3v) is 5.15. The minimum Gasteiger partial charge on any atom is -0.363 e. The van der Waals surface area contributed by atoms with Gasteiger partial charge in [-0.3, -0.25) is 15.1 Å². The first-order chi connectivity index (χ1) is 12.7. The molecule has 0 aliphatic carbocycles. The summed E-state index contributed by atoms with van der Waals surface area (Å²) >= 11 is 6.53. The zero-order chi connectivity index (χ0) is 19.8. The smallest absolute Gasteiger partial charge is 0.269 e. The van der Waals surface area contributed by atoms with Crippen LogP contribution in [0, 0.1) is 10.1 Å². The molecule has 2 aromatic rings. The highest BCUT2D eigenvalue weighted by atomic mass is 35.5. The molecule has 140 valence electrons. The summed E-state index contributed by atoms with van der Waals surface area (Å²) in [5.74, 6) is 0. The number of rotatable bonds is 4. The number of non-ortho nitro benzene ring substituents is 1. The largest absolute Gasteiger partial charge is 0.363 e. The molecule has 1 heterocycles. The van der Waals surface area contributed by atoms with E-state index in [1.54, 1.807) is 18.3 Å². The van der Waals surface area contributed by atoms with E-state index in [-0.39, 0.29) is 11.2 Å². The molecular weight excluding hydrogens is 362 g/mol. The van der Waals surface area contributed by atoms with Gasteiger partial charge in [-0.25, -0.2) is 0 Å². The van der Waals surface area contributed by atoms with Gasteiger partial charge in [-0.1, -0.05) is 17.7 Å². The van der Waals surface area contributed by atoms with Crippen molar-refractivity contribution in [1.29, 1.82) is 0 Å². The molecule has 1 aliphatic rings. The first-order valence-electron chi connectivity index (χ1n) is 8.82. The standard InChI is InChI=1S/C21H22ClN3O2/c1-5-24-20-11-19(22)15(10-18(20)14(2)12-21(24,3)4)13-23-16-6-8-17(9-7-16)25(26)27/h6-13H,5H2,1-4H3. The second kappa shape index (κ2) is 7.16. The molecule has 0 saturated heterocycles. The quantitative estimate of drug-likeness (QED) is 0.368. The molecule has 0 radical (unpaired) electrons. The van der Waals surface area contributed by atoms with E-state index in [4.69, 9.17) is 11.6 Å². The number of nitrogens with zero attached hydrogens (tertiary/aromatic N) is 3. The van der Waals surface area contributed by atoms with Crippen molar-refractivity contribution >= 4 is 40.5 Å². The average molecular weight is 384 g/mol. The molecule has 27 heavy (non-hydrogen) atoms. The van der Waals surface area contributed by atoms with Gasteiger partial charge in [0.2, 0.25) is 0 Å². The summed E-state index contributed by atoms with van der Waals surface area (Å²) in [5, 5.41) is 11.4. The number of halogens is 1. The van der Waals surface area contributed by atoms with Crippen LogP contribution in [0.5, 0.6) is 0 Å². The number of aliphatic imine (C=N–C) groups is 1. The first kappa shape index (κ1) is 19.1. The van der Waals surface area contributed by atoms with E-state index >= 15 is 0 Å². The molecule has 2 aromatic carbocycles. The first-order valence-corrected chi connectivity index (χ1v) is 9.20. The van der Waals surface area contributed by atoms with Crippen LogP contribution in [-0.4, -0.2) is 23.2 Å². The Morgan fingerprint density at radius 1 is 1.26 bits per heavy atom. The number of fused-ring (bicyclic) bond motifs is 1. The van der Waals surface area contributed by atoms with Crippen molar-refractivity contribution in [2.45, 2.75) is 33.2 Å². The lowest BCUT2D eigenvalue weighted by Crippen LogP contribution is -2.44. The molecule has 0 saturated carbocycles. The van der Waals surface area contributed by atoms with Gasteiger partial charge in [0.1, 0.15) is 0 Å². The van der Waals surface area contributed by atoms with Gasteiger partial charge < -0.3 is 4.90 Å². The fraction of sp³-hybridized carbons (Fsp3) is 0.286. The number of benzene rings is 2. The molecule has 0 bridgehead atoms. The van der Waals surface area contributed by atoms with Gasteiger partial charge in [0.25, 0.3) is 5.69 Å². The van der Waals surface area contributed by atoms with Crippen molar-refractivity contribution in [1.82, 2.24) is 0 Å². The van der Waals surface area contributed by atoms with Crippen molar-refractivity contribution in [2.75, 3.05) is 11.4 Å². The molecule has 0 atom stereocenters. The summed E-state index contributed by atoms with van der Waals surface area (Å²) in [5.41, 5.74) is 4.91. The topological polar surface area (TPSA) is 58.7 Å². The summed E-state index contributed by atoms with van der Waals surface area (Å²) in [6.07, 6.45) is 3.97. The lowest BCUT2D eigenvalue weighted by atomic mass is 9.88. The number of allylic oxidation sites excluding steroid dienone is 1. The number of hydrogen-bond donors (Lipinski definition) is 0. The van der Waals surface area contributed by atoms with Crippen molar-refractivity contribution < 1.29 is 4.92 Å². The molecule has 5 nitrogen and oxygen atoms in total. The maximum atomic E-state index is 10.7. The molecule has 0 N–H and O–H groups in total. The van der Waals surface area contributed by atoms with Crippen molar-refractivity contribution in [2.24, 2.45) is 4.99 Å². The van der Waals surface area contributed by atoms with Crippen LogP contribution in [-0.2, 0) is 0 Å². The van der Waals surface area contributed by atoms with Gasteiger partial charge in [0.15, 0.2) is 0 Å². The van der Waals surface area contributed by atoms with Crippen LogP contribution in [0.2, 0.25) is 5.02 Å². The summed E-state index contributed by atoms with van der Waals surface area (Å²) in [6, 6.07) is 10.2. The van der Waals surface area contributed by atoms with Gasteiger partial charge in [-0.05, 0) is 57.5 Å². The summed E-state index contributed by atoms with van der Waals surface area (Å²) in [6.45, 7) is 9.52. The second-order valence-electron chi connectivity index (χ2n) is 7.15. The van der Waals surface area contributed by atoms with E-state index < -0.39 is 4.92 Å². The predicted octanol–water partition coefficient (Wildman–Crippen LogP) is 6.02. The minimum absolute atomic E-state index is 0.0452. The Labute approximate surface area is 164 Å². The third kappa shape index (κ3) is 3.74. The summed E-state index contributed by atoms with van der Waals surface area (Å²) in [4.78, 5) is 17.1. The van der Waals surface area contributed by atoms with E-state index in [1.165, 1.54) is 17.7 Å². The second-order valence-corrected chi connectivity index (χ2v) is 7.56. The predicted molar refractivity (Wildman–Crippen MR) is 113 cm³/mol. The van der Waals surface area contributed by atoms with Crippen LogP contribution < -0.4 is 4.90 Å². The summed E-state index contributed by atoms with van der Waals surface area (Å²) < 4.78 is 0. The Balaban J connectivity index is 1.97. The van der Waals surface area contributed by atoms with Crippen molar-refractivity contribution in [3.63, 3.8) is 0 Å². The number of hydrogen-bond acceptors (Lipinski definition) is 4. The fourth-order valence-electron chi connectivity index (χ4n) is 3.60. The van der Waals surface area contributed by atoms with Crippen LogP contribution in [0.1, 0.15) is 38.8 Å². The zero-order valence-electron chi connectivity index (χ0n) is 15.9. The van der Waals surface area contributed by atoms with Crippen molar-refractivity contribution in [3.05, 3.63) is 68.7 Å². The number of nitro benzene ring substituents is 1. The Kier molecular flexibility index (Phi) is 5.07. The number of nitro groups is 1. The van der Waals surface area contributed by atoms with Crippen LogP contribution in [0.3, 0.4) is 0 Å². The van der Waals surface area contributed by atoms with Gasteiger partial charge in [0.05, 0.1) is 21.2 Å². The molecule has 6 heteroatoms. The van der Waals surface area contributed by atoms with Crippen molar-refractivity contribution in [3.8, 4) is 0 Å². The maximum Gasteiger partial charge on any atom is 0.269 e. The lowest BCUT2D eigenvalue weighted by molar-refractivity contribution is -0.384. The summed E-state index contributed by atoms with van der Waals surface area (Å²) in [7, 11) is 0. The zero-order valence-corrected chi connectivity index (χ0v) is 16.6. The molecule has 0 aromatic heterocycles. The monoisotopic (exact) mass is 383 g/mol. The Morgan fingerprint density at radius 3 is 2.52 bits per heavy atom. The lowest BCUT2D eigenvalue weighted by Gasteiger charge is -2.43. The average Bonchev–Trinajstić information content (AvgIpc) is 2.60. The highest BCUT2D eigenvalue weighted by Crippen LogP contribution is 2.41. The van der Waals surface area contributed by atoms with E-state index in [1.807, 2.05) is 6.07 Å². The van der Waals surface area contributed by atoms with Crippen LogP contribution >= 0.6 is 11.6 Å². The number of anilines is 1. The Hall–Kier alpha value is -2.66. The molecule has 0 spiro atoms. The number of likely N-dealkylation sites (N-methyl/N-ethyl adjacent to an activating group) is 1. The normalized spacial score (nSPS) is 15.6. The maximum absolute atomic E-state index is 10.7. The fourth-order valence-corrected chi connectivity index (χ4v) is 3.80. The van der Waals surface area contributed by atoms with Gasteiger partial charge in [-0.15, -0.1) is 0 Å². The third-order valence-electron chi connectivity index (χ3n) is 4.83. The van der Waals surface area contributed by atoms with E-state index in [0.717, 1.165) is 23.4 Å². The van der Waals surface area contributed by atoms with E-state index in [9.17, 15) is 10.1 Å². The molecule has 0 unspecified atom stereocenters. The molecular formula is C21H22ClN3O2. The SMILES string of the molecule is CCN1c2cc(Cl)c(C=Nc3ccc([N+](=O)[O-])cc3)cc2C(C)=CC1(C)C. The molecule has 3 rings (SSSR count). The van der Waals surface area contributed by atoms with Gasteiger partial charge in [0, 0.05) is 41.7 Å². The van der Waals surface area contributed by atoms with Crippen LogP contribution in [0.25, 0.3) is 5.57 Å². The van der Waals surface area contributed by atoms with Gasteiger partial charge >= 0.3 is 0 Å². The van der Waals surface area contributed by atoms with Gasteiger partial charge in [-0.2, -0.15) is 0 Å². The Morgan fingerprint density at radius 2 is 1.93 bits per heavy atom. The van der Waals surface area contributed by atoms with E-state index in [2.05, 4.69) is 49.7 Å². The van der Waals surface area contributed by atoms with E-state index in [0.29, 0.717) is 10.7 Å². The minimum atomic E-state index is -0.427. The highest BCUT2D eigenvalue weighted by molar-refractivity contribution is 6.33. The van der Waals surface area contributed by atoms with Crippen LogP contribution in [0.4, 0.5) is 17.1 Å².